The molecule has 0 aliphatic rings. The molecule has 0 aromatic carbocycles. The van der Waals surface area contributed by atoms with E-state index in [1.165, 1.54) is 18.3 Å². The lowest BCUT2D eigenvalue weighted by Gasteiger charge is -2.15. The van der Waals surface area contributed by atoms with Crippen LogP contribution in [0.4, 0.5) is 5.82 Å². The van der Waals surface area contributed by atoms with Gasteiger partial charge in [-0.3, -0.25) is 0 Å². The van der Waals surface area contributed by atoms with E-state index in [2.05, 4.69) is 4.98 Å². The smallest absolute Gasteiger partial charge is 0.363 e. The number of aliphatic hydroxyl groups excluding tert-OH is 2. The number of aliphatic hydroxyl groups is 2. The van der Waals surface area contributed by atoms with Crippen molar-refractivity contribution in [2.24, 2.45) is 5.73 Å². The van der Waals surface area contributed by atoms with Crippen LogP contribution in [0.5, 0.6) is 0 Å². The highest BCUT2D eigenvalue weighted by atomic mass is 16.6. The molecule has 0 amide bonds. The first kappa shape index (κ1) is 12.5. The van der Waals surface area contributed by atoms with Crippen LogP contribution in [0.25, 0.3) is 0 Å². The lowest BCUT2D eigenvalue weighted by molar-refractivity contribution is -0.389. The van der Waals surface area contributed by atoms with E-state index in [1.54, 1.807) is 0 Å². The van der Waals surface area contributed by atoms with Crippen LogP contribution < -0.4 is 5.73 Å². The molecule has 1 rings (SSSR count). The van der Waals surface area contributed by atoms with E-state index in [0.29, 0.717) is 5.56 Å². The fourth-order valence-electron chi connectivity index (χ4n) is 1.23. The van der Waals surface area contributed by atoms with Gasteiger partial charge in [-0.15, -0.1) is 0 Å². The molecule has 16 heavy (non-hydrogen) atoms. The molecule has 0 radical (unpaired) electrons. The average molecular weight is 227 g/mol. The first-order chi connectivity index (χ1) is 7.56. The Labute approximate surface area is 91.7 Å². The zero-order chi connectivity index (χ0) is 12.1. The van der Waals surface area contributed by atoms with Crippen molar-refractivity contribution in [3.8, 4) is 0 Å². The van der Waals surface area contributed by atoms with Crippen LogP contribution in [-0.2, 0) is 0 Å². The summed E-state index contributed by atoms with van der Waals surface area (Å²) in [5.41, 5.74) is 5.56. The minimum absolute atomic E-state index is 0.248. The van der Waals surface area contributed by atoms with Crippen molar-refractivity contribution >= 4 is 5.82 Å². The maximum absolute atomic E-state index is 10.3. The Morgan fingerprint density at radius 1 is 1.50 bits per heavy atom. The minimum atomic E-state index is -1.13. The Hall–Kier alpha value is -1.57. The Balaban J connectivity index is 2.77. The van der Waals surface area contributed by atoms with Gasteiger partial charge in [0.05, 0.1) is 6.10 Å². The van der Waals surface area contributed by atoms with E-state index in [-0.39, 0.29) is 18.8 Å². The van der Waals surface area contributed by atoms with Gasteiger partial charge in [0.15, 0.2) is 0 Å². The van der Waals surface area contributed by atoms with Crippen molar-refractivity contribution in [2.75, 3.05) is 6.54 Å². The molecule has 0 bridgehead atoms. The van der Waals surface area contributed by atoms with Gasteiger partial charge in [0, 0.05) is 11.6 Å². The Kier molecular flexibility index (Phi) is 4.29. The van der Waals surface area contributed by atoms with Gasteiger partial charge in [0.2, 0.25) is 0 Å². The van der Waals surface area contributed by atoms with Gasteiger partial charge in [-0.05, 0) is 28.9 Å². The van der Waals surface area contributed by atoms with Gasteiger partial charge in [-0.25, -0.2) is 0 Å². The van der Waals surface area contributed by atoms with Crippen LogP contribution in [0, 0.1) is 10.1 Å². The topological polar surface area (TPSA) is 123 Å². The summed E-state index contributed by atoms with van der Waals surface area (Å²) in [6, 6.07) is 2.53. The molecule has 1 aromatic heterocycles. The predicted octanol–water partition coefficient (Wildman–Crippen LogP) is -0.267. The van der Waals surface area contributed by atoms with Crippen LogP contribution >= 0.6 is 0 Å². The Bertz CT molecular complexity index is 354. The SMILES string of the molecule is NCCC(O)C(O)c1ccc([N+](=O)[O-])nc1. The molecule has 4 N–H and O–H groups in total. The standard InChI is InChI=1S/C9H13N3O4/c10-4-3-7(13)9(14)6-1-2-8(11-5-6)12(15)16/h1-2,5,7,9,13-14H,3-4,10H2. The van der Waals surface area contributed by atoms with E-state index >= 15 is 0 Å². The summed E-state index contributed by atoms with van der Waals surface area (Å²) in [6.45, 7) is 0.249. The van der Waals surface area contributed by atoms with Gasteiger partial charge < -0.3 is 26.1 Å². The number of aromatic nitrogens is 1. The van der Waals surface area contributed by atoms with E-state index in [9.17, 15) is 20.3 Å². The number of hydrogen-bond acceptors (Lipinski definition) is 6. The molecule has 88 valence electrons. The lowest BCUT2D eigenvalue weighted by Crippen LogP contribution is -2.21. The molecule has 0 spiro atoms. The molecule has 0 aliphatic carbocycles. The molecule has 0 saturated heterocycles. The predicted molar refractivity (Wildman–Crippen MR) is 55.5 cm³/mol. The normalized spacial score (nSPS) is 14.4. The van der Waals surface area contributed by atoms with Crippen molar-refractivity contribution in [1.82, 2.24) is 4.98 Å². The number of nitro groups is 1. The maximum Gasteiger partial charge on any atom is 0.363 e. The third kappa shape index (κ3) is 2.96. The first-order valence-corrected chi connectivity index (χ1v) is 4.72. The van der Waals surface area contributed by atoms with Crippen LogP contribution in [0.15, 0.2) is 18.3 Å². The first-order valence-electron chi connectivity index (χ1n) is 4.72. The van der Waals surface area contributed by atoms with Crippen molar-refractivity contribution < 1.29 is 15.1 Å². The summed E-state index contributed by atoms with van der Waals surface area (Å²) in [4.78, 5) is 13.2. The highest BCUT2D eigenvalue weighted by molar-refractivity contribution is 5.24. The molecule has 0 aliphatic heterocycles. The average Bonchev–Trinajstić information content (AvgIpc) is 2.28. The van der Waals surface area contributed by atoms with Gasteiger partial charge in [0.1, 0.15) is 12.3 Å². The molecule has 2 atom stereocenters. The zero-order valence-electron chi connectivity index (χ0n) is 8.48. The van der Waals surface area contributed by atoms with Gasteiger partial charge >= 0.3 is 5.82 Å². The summed E-state index contributed by atoms with van der Waals surface area (Å²) in [5.74, 6) is -0.302. The van der Waals surface area contributed by atoms with Crippen LogP contribution in [-0.4, -0.2) is 32.8 Å². The highest BCUT2D eigenvalue weighted by Crippen LogP contribution is 2.19. The van der Waals surface area contributed by atoms with Crippen LogP contribution in [0.2, 0.25) is 0 Å². The molecule has 7 heteroatoms. The molecule has 1 heterocycles. The fourth-order valence-corrected chi connectivity index (χ4v) is 1.23. The van der Waals surface area contributed by atoms with E-state index in [0.717, 1.165) is 0 Å². The van der Waals surface area contributed by atoms with Crippen molar-refractivity contribution in [2.45, 2.75) is 18.6 Å². The van der Waals surface area contributed by atoms with Gasteiger partial charge in [-0.1, -0.05) is 0 Å². The summed E-state index contributed by atoms with van der Waals surface area (Å²) in [5, 5.41) is 29.4. The molecular weight excluding hydrogens is 214 g/mol. The molecule has 0 fully saturated rings. The second-order valence-corrected chi connectivity index (χ2v) is 3.30. The number of rotatable bonds is 5. The zero-order valence-corrected chi connectivity index (χ0v) is 8.48. The van der Waals surface area contributed by atoms with Crippen molar-refractivity contribution in [3.05, 3.63) is 34.0 Å². The van der Waals surface area contributed by atoms with E-state index in [1.807, 2.05) is 0 Å². The Morgan fingerprint density at radius 3 is 2.62 bits per heavy atom. The lowest BCUT2D eigenvalue weighted by atomic mass is 10.0. The summed E-state index contributed by atoms with van der Waals surface area (Å²) < 4.78 is 0. The number of hydrogen-bond donors (Lipinski definition) is 3. The fraction of sp³-hybridized carbons (Fsp3) is 0.444. The van der Waals surface area contributed by atoms with Crippen molar-refractivity contribution in [3.63, 3.8) is 0 Å². The maximum atomic E-state index is 10.3. The van der Waals surface area contributed by atoms with Crippen LogP contribution in [0.3, 0.4) is 0 Å². The third-order valence-corrected chi connectivity index (χ3v) is 2.13. The quantitative estimate of drug-likeness (QED) is 0.470. The number of nitrogens with zero attached hydrogens (tertiary/aromatic N) is 2. The third-order valence-electron chi connectivity index (χ3n) is 2.13. The summed E-state index contributed by atoms with van der Waals surface area (Å²) in [7, 11) is 0. The van der Waals surface area contributed by atoms with Gasteiger partial charge in [0.25, 0.3) is 0 Å². The van der Waals surface area contributed by atoms with Crippen molar-refractivity contribution in [1.29, 1.82) is 0 Å². The molecule has 7 nitrogen and oxygen atoms in total. The second kappa shape index (κ2) is 5.50. The minimum Gasteiger partial charge on any atom is -0.390 e. The summed E-state index contributed by atoms with van der Waals surface area (Å²) >= 11 is 0. The number of pyridine rings is 1. The highest BCUT2D eigenvalue weighted by Gasteiger charge is 2.19. The molecule has 2 unspecified atom stereocenters. The Morgan fingerprint density at radius 2 is 2.19 bits per heavy atom. The van der Waals surface area contributed by atoms with E-state index < -0.39 is 17.1 Å². The molecule has 1 aromatic rings. The molecular formula is C9H13N3O4. The van der Waals surface area contributed by atoms with Crippen LogP contribution in [0.1, 0.15) is 18.1 Å². The van der Waals surface area contributed by atoms with Gasteiger partial charge in [-0.2, -0.15) is 0 Å². The second-order valence-electron chi connectivity index (χ2n) is 3.30. The largest absolute Gasteiger partial charge is 0.390 e. The summed E-state index contributed by atoms with van der Waals surface area (Å²) in [6.07, 6.45) is -0.703. The number of nitrogens with two attached hydrogens (primary N) is 1. The monoisotopic (exact) mass is 227 g/mol. The van der Waals surface area contributed by atoms with E-state index in [4.69, 9.17) is 5.73 Å². The molecule has 0 saturated carbocycles.